The number of rotatable bonds is 4. The Morgan fingerprint density at radius 1 is 1.33 bits per heavy atom. The van der Waals surface area contributed by atoms with Crippen molar-refractivity contribution in [1.82, 2.24) is 9.80 Å². The van der Waals surface area contributed by atoms with Gasteiger partial charge in [0, 0.05) is 37.8 Å². The smallest absolute Gasteiger partial charge is 0.0218 e. The van der Waals surface area contributed by atoms with E-state index in [1.54, 1.807) is 0 Å². The van der Waals surface area contributed by atoms with Crippen LogP contribution in [0.2, 0.25) is 0 Å². The van der Waals surface area contributed by atoms with Gasteiger partial charge in [0.05, 0.1) is 0 Å². The molecule has 2 N–H and O–H groups in total. The van der Waals surface area contributed by atoms with Crippen LogP contribution < -0.4 is 5.73 Å². The van der Waals surface area contributed by atoms with Crippen LogP contribution in [0.1, 0.15) is 33.6 Å². The third kappa shape index (κ3) is 3.74. The Hall–Kier alpha value is -0.120. The Balaban J connectivity index is 2.43. The molecule has 1 aliphatic heterocycles. The topological polar surface area (TPSA) is 32.5 Å². The first kappa shape index (κ1) is 12.9. The molecule has 0 aromatic carbocycles. The molecule has 0 spiro atoms. The van der Waals surface area contributed by atoms with E-state index in [2.05, 4.69) is 37.6 Å². The number of hydrogen-bond donors (Lipinski definition) is 1. The van der Waals surface area contributed by atoms with Gasteiger partial charge in [0.25, 0.3) is 0 Å². The van der Waals surface area contributed by atoms with Gasteiger partial charge in [-0.1, -0.05) is 6.92 Å². The molecule has 0 aromatic heterocycles. The van der Waals surface area contributed by atoms with Gasteiger partial charge >= 0.3 is 0 Å². The average Bonchev–Trinajstić information content (AvgIpc) is 2.17. The van der Waals surface area contributed by atoms with Crippen LogP contribution in [0.3, 0.4) is 0 Å². The van der Waals surface area contributed by atoms with E-state index in [0.29, 0.717) is 12.1 Å². The van der Waals surface area contributed by atoms with Gasteiger partial charge in [-0.05, 0) is 33.7 Å². The molecule has 3 heteroatoms. The highest BCUT2D eigenvalue weighted by atomic mass is 15.3. The van der Waals surface area contributed by atoms with Crippen molar-refractivity contribution in [3.8, 4) is 0 Å². The van der Waals surface area contributed by atoms with Crippen LogP contribution in [0.5, 0.6) is 0 Å². The molecule has 0 saturated carbocycles. The zero-order valence-electron chi connectivity index (χ0n) is 10.7. The van der Waals surface area contributed by atoms with E-state index >= 15 is 0 Å². The van der Waals surface area contributed by atoms with Gasteiger partial charge in [-0.3, -0.25) is 4.90 Å². The molecule has 1 aliphatic rings. The second-order valence-electron chi connectivity index (χ2n) is 5.10. The summed E-state index contributed by atoms with van der Waals surface area (Å²) in [4.78, 5) is 5.08. The Kier molecular flexibility index (Phi) is 5.03. The van der Waals surface area contributed by atoms with Gasteiger partial charge in [-0.15, -0.1) is 0 Å². The summed E-state index contributed by atoms with van der Waals surface area (Å²) in [5, 5.41) is 0. The summed E-state index contributed by atoms with van der Waals surface area (Å²) in [6.07, 6.45) is 2.36. The van der Waals surface area contributed by atoms with Gasteiger partial charge in [-0.2, -0.15) is 0 Å². The second-order valence-corrected chi connectivity index (χ2v) is 5.10. The highest BCUT2D eigenvalue weighted by Gasteiger charge is 2.25. The molecular formula is C12H27N3. The lowest BCUT2D eigenvalue weighted by molar-refractivity contribution is 0.0634. The molecule has 0 bridgehead atoms. The highest BCUT2D eigenvalue weighted by Crippen LogP contribution is 2.15. The molecule has 0 aromatic rings. The van der Waals surface area contributed by atoms with E-state index in [1.165, 1.54) is 26.1 Å². The zero-order chi connectivity index (χ0) is 11.4. The molecule has 0 aliphatic carbocycles. The van der Waals surface area contributed by atoms with Crippen LogP contribution in [0.15, 0.2) is 0 Å². The first-order chi connectivity index (χ1) is 7.04. The maximum atomic E-state index is 5.86. The van der Waals surface area contributed by atoms with Gasteiger partial charge in [-0.25, -0.2) is 0 Å². The van der Waals surface area contributed by atoms with Crippen LogP contribution in [-0.4, -0.2) is 54.6 Å². The van der Waals surface area contributed by atoms with Crippen LogP contribution in [0.25, 0.3) is 0 Å². The van der Waals surface area contributed by atoms with E-state index in [-0.39, 0.29) is 0 Å². The lowest BCUT2D eigenvalue weighted by Crippen LogP contribution is -2.54. The fraction of sp³-hybridized carbons (Fsp3) is 1.00. The Morgan fingerprint density at radius 2 is 2.00 bits per heavy atom. The van der Waals surface area contributed by atoms with Crippen molar-refractivity contribution >= 4 is 0 Å². The molecule has 3 nitrogen and oxygen atoms in total. The van der Waals surface area contributed by atoms with Crippen LogP contribution >= 0.6 is 0 Å². The van der Waals surface area contributed by atoms with E-state index in [1.807, 2.05) is 0 Å². The second kappa shape index (κ2) is 5.83. The minimum absolute atomic E-state index is 0.319. The Bertz CT molecular complexity index is 182. The molecule has 0 radical (unpaired) electrons. The molecule has 1 fully saturated rings. The molecule has 3 atom stereocenters. The minimum atomic E-state index is 0.319. The molecule has 0 amide bonds. The lowest BCUT2D eigenvalue weighted by atomic mass is 10.0. The lowest BCUT2D eigenvalue weighted by Gasteiger charge is -2.42. The van der Waals surface area contributed by atoms with Gasteiger partial charge in [0.2, 0.25) is 0 Å². The van der Waals surface area contributed by atoms with Crippen LogP contribution in [-0.2, 0) is 0 Å². The largest absolute Gasteiger partial charge is 0.328 e. The number of piperazine rings is 1. The maximum Gasteiger partial charge on any atom is 0.0218 e. The molecule has 1 rings (SSSR count). The van der Waals surface area contributed by atoms with Crippen LogP contribution in [0.4, 0.5) is 0 Å². The molecule has 90 valence electrons. The molecule has 1 heterocycles. The Morgan fingerprint density at radius 3 is 2.53 bits per heavy atom. The van der Waals surface area contributed by atoms with Gasteiger partial charge in [0.1, 0.15) is 0 Å². The normalized spacial score (nSPS) is 29.0. The van der Waals surface area contributed by atoms with Gasteiger partial charge in [0.15, 0.2) is 0 Å². The molecular weight excluding hydrogens is 186 g/mol. The van der Waals surface area contributed by atoms with Crippen molar-refractivity contribution in [2.75, 3.05) is 26.7 Å². The number of likely N-dealkylation sites (N-methyl/N-ethyl adjacent to an activating group) is 1. The van der Waals surface area contributed by atoms with Crippen molar-refractivity contribution in [2.45, 2.75) is 51.7 Å². The van der Waals surface area contributed by atoms with Gasteiger partial charge < -0.3 is 10.6 Å². The standard InChI is InChI=1S/C12H27N3/c1-5-12-9-15(7-6-14(12)4)11(3)8-10(2)13/h10-12H,5-9,13H2,1-4H3. The number of hydrogen-bond acceptors (Lipinski definition) is 3. The maximum absolute atomic E-state index is 5.86. The van der Waals surface area contributed by atoms with E-state index in [9.17, 15) is 0 Å². The third-order valence-corrected chi connectivity index (χ3v) is 3.62. The highest BCUT2D eigenvalue weighted by molar-refractivity contribution is 4.82. The Labute approximate surface area is 94.6 Å². The molecule has 1 saturated heterocycles. The first-order valence-electron chi connectivity index (χ1n) is 6.24. The third-order valence-electron chi connectivity index (χ3n) is 3.62. The summed E-state index contributed by atoms with van der Waals surface area (Å²) in [5.74, 6) is 0. The average molecular weight is 213 g/mol. The van der Waals surface area contributed by atoms with Crippen molar-refractivity contribution < 1.29 is 0 Å². The number of nitrogens with two attached hydrogens (primary N) is 1. The summed E-state index contributed by atoms with van der Waals surface area (Å²) in [7, 11) is 2.24. The SMILES string of the molecule is CCC1CN(C(C)CC(C)N)CCN1C. The fourth-order valence-electron chi connectivity index (χ4n) is 2.50. The quantitative estimate of drug-likeness (QED) is 0.760. The van der Waals surface area contributed by atoms with Crippen molar-refractivity contribution in [2.24, 2.45) is 5.73 Å². The van der Waals surface area contributed by atoms with E-state index < -0.39 is 0 Å². The summed E-state index contributed by atoms with van der Waals surface area (Å²) in [6, 6.07) is 1.68. The fourth-order valence-corrected chi connectivity index (χ4v) is 2.50. The van der Waals surface area contributed by atoms with Crippen LogP contribution in [0, 0.1) is 0 Å². The van der Waals surface area contributed by atoms with E-state index in [0.717, 1.165) is 12.5 Å². The summed E-state index contributed by atoms with van der Waals surface area (Å²) >= 11 is 0. The molecule has 15 heavy (non-hydrogen) atoms. The summed E-state index contributed by atoms with van der Waals surface area (Å²) < 4.78 is 0. The predicted octanol–water partition coefficient (Wildman–Crippen LogP) is 1.14. The van der Waals surface area contributed by atoms with Crippen molar-refractivity contribution in [3.63, 3.8) is 0 Å². The summed E-state index contributed by atoms with van der Waals surface area (Å²) in [5.41, 5.74) is 5.86. The number of nitrogens with zero attached hydrogens (tertiary/aromatic N) is 2. The first-order valence-corrected chi connectivity index (χ1v) is 6.24. The molecule has 3 unspecified atom stereocenters. The summed E-state index contributed by atoms with van der Waals surface area (Å²) in [6.45, 7) is 10.3. The predicted molar refractivity (Wildman–Crippen MR) is 66.0 cm³/mol. The minimum Gasteiger partial charge on any atom is -0.328 e. The van der Waals surface area contributed by atoms with Crippen molar-refractivity contribution in [1.29, 1.82) is 0 Å². The monoisotopic (exact) mass is 213 g/mol. The zero-order valence-corrected chi connectivity index (χ0v) is 10.7. The van der Waals surface area contributed by atoms with E-state index in [4.69, 9.17) is 5.73 Å². The van der Waals surface area contributed by atoms with Crippen molar-refractivity contribution in [3.05, 3.63) is 0 Å².